The molecule has 0 fully saturated rings. The molecular formula is C20H15N5. The van der Waals surface area contributed by atoms with Gasteiger partial charge in [0.1, 0.15) is 12.2 Å². The summed E-state index contributed by atoms with van der Waals surface area (Å²) >= 11 is 0. The Hall–Kier alpha value is -3.60. The first-order chi connectivity index (χ1) is 12.4. The smallest absolute Gasteiger partial charge is 0.137 e. The molecule has 0 aliphatic heterocycles. The quantitative estimate of drug-likeness (QED) is 0.540. The molecule has 0 bridgehead atoms. The molecule has 0 aliphatic rings. The van der Waals surface area contributed by atoms with Gasteiger partial charge >= 0.3 is 0 Å². The highest BCUT2D eigenvalue weighted by Gasteiger charge is 2.08. The van der Waals surface area contributed by atoms with Gasteiger partial charge < -0.3 is 9.55 Å². The van der Waals surface area contributed by atoms with Gasteiger partial charge in [0.05, 0.1) is 11.0 Å². The summed E-state index contributed by atoms with van der Waals surface area (Å²) in [7, 11) is 0. The summed E-state index contributed by atoms with van der Waals surface area (Å²) in [6.07, 6.45) is 9.52. The van der Waals surface area contributed by atoms with Gasteiger partial charge in [-0.1, -0.05) is 12.1 Å². The van der Waals surface area contributed by atoms with Crippen molar-refractivity contribution in [1.82, 2.24) is 24.1 Å². The highest BCUT2D eigenvalue weighted by molar-refractivity contribution is 5.80. The second-order valence-electron chi connectivity index (χ2n) is 5.87. The summed E-state index contributed by atoms with van der Waals surface area (Å²) in [5.74, 6) is 0.862. The van der Waals surface area contributed by atoms with Crippen LogP contribution in [0.2, 0.25) is 0 Å². The number of rotatable bonds is 3. The van der Waals surface area contributed by atoms with Crippen molar-refractivity contribution in [3.8, 4) is 22.8 Å². The zero-order valence-corrected chi connectivity index (χ0v) is 13.4. The third kappa shape index (κ3) is 2.33. The number of H-pyrrole nitrogens is 1. The van der Waals surface area contributed by atoms with Gasteiger partial charge in [0.15, 0.2) is 0 Å². The minimum atomic E-state index is 0.862. The van der Waals surface area contributed by atoms with E-state index in [9.17, 15) is 0 Å². The maximum absolute atomic E-state index is 4.58. The molecule has 0 radical (unpaired) electrons. The van der Waals surface area contributed by atoms with Gasteiger partial charge in [-0.05, 0) is 42.5 Å². The zero-order valence-electron chi connectivity index (χ0n) is 13.4. The monoisotopic (exact) mass is 325 g/mol. The number of benzene rings is 2. The van der Waals surface area contributed by atoms with Crippen LogP contribution in [0, 0.1) is 0 Å². The van der Waals surface area contributed by atoms with E-state index in [1.54, 1.807) is 6.20 Å². The SMILES string of the molecule is c1cc(-c2ncc[nH]2)cc(-n2cnc3cc(-n4cccc4)ccc32)c1. The Bertz CT molecular complexity index is 1130. The minimum absolute atomic E-state index is 0.862. The molecule has 120 valence electrons. The fourth-order valence-corrected chi connectivity index (χ4v) is 3.10. The molecular weight excluding hydrogens is 310 g/mol. The first-order valence-electron chi connectivity index (χ1n) is 8.09. The number of nitrogens with one attached hydrogen (secondary N) is 1. The fourth-order valence-electron chi connectivity index (χ4n) is 3.10. The summed E-state index contributed by atoms with van der Waals surface area (Å²) in [5.41, 5.74) is 5.26. The Morgan fingerprint density at radius 3 is 2.60 bits per heavy atom. The molecule has 5 heteroatoms. The number of nitrogens with zero attached hydrogens (tertiary/aromatic N) is 4. The predicted octanol–water partition coefficient (Wildman–Crippen LogP) is 4.21. The van der Waals surface area contributed by atoms with Crippen LogP contribution in [0.1, 0.15) is 0 Å². The molecule has 0 aliphatic carbocycles. The number of aromatic nitrogens is 5. The maximum atomic E-state index is 4.58. The van der Waals surface area contributed by atoms with E-state index in [-0.39, 0.29) is 0 Å². The van der Waals surface area contributed by atoms with Crippen LogP contribution < -0.4 is 0 Å². The van der Waals surface area contributed by atoms with Crippen LogP contribution in [0.4, 0.5) is 0 Å². The maximum Gasteiger partial charge on any atom is 0.137 e. The molecule has 25 heavy (non-hydrogen) atoms. The van der Waals surface area contributed by atoms with Crippen molar-refractivity contribution in [3.05, 3.63) is 85.7 Å². The van der Waals surface area contributed by atoms with Crippen molar-refractivity contribution < 1.29 is 0 Å². The highest BCUT2D eigenvalue weighted by Crippen LogP contribution is 2.24. The molecule has 5 nitrogen and oxygen atoms in total. The van der Waals surface area contributed by atoms with Gasteiger partial charge in [0.25, 0.3) is 0 Å². The van der Waals surface area contributed by atoms with Crippen LogP contribution in [-0.2, 0) is 0 Å². The van der Waals surface area contributed by atoms with Gasteiger partial charge in [-0.3, -0.25) is 4.57 Å². The molecule has 3 heterocycles. The van der Waals surface area contributed by atoms with Gasteiger partial charge in [-0.15, -0.1) is 0 Å². The molecule has 2 aromatic carbocycles. The number of hydrogen-bond acceptors (Lipinski definition) is 2. The Morgan fingerprint density at radius 2 is 1.76 bits per heavy atom. The summed E-state index contributed by atoms with van der Waals surface area (Å²) in [5, 5.41) is 0. The third-order valence-corrected chi connectivity index (χ3v) is 4.33. The molecule has 0 unspecified atom stereocenters. The van der Waals surface area contributed by atoms with Crippen LogP contribution in [-0.4, -0.2) is 24.1 Å². The topological polar surface area (TPSA) is 51.4 Å². The lowest BCUT2D eigenvalue weighted by Crippen LogP contribution is -1.94. The summed E-state index contributed by atoms with van der Waals surface area (Å²) in [6.45, 7) is 0. The molecule has 5 rings (SSSR count). The lowest BCUT2D eigenvalue weighted by Gasteiger charge is -2.07. The van der Waals surface area contributed by atoms with E-state index in [2.05, 4.69) is 54.4 Å². The largest absolute Gasteiger partial charge is 0.345 e. The summed E-state index contributed by atoms with van der Waals surface area (Å²) in [6, 6.07) is 18.6. The highest BCUT2D eigenvalue weighted by atomic mass is 15.1. The first-order valence-corrected chi connectivity index (χ1v) is 8.09. The van der Waals surface area contributed by atoms with Gasteiger partial charge in [-0.25, -0.2) is 9.97 Å². The van der Waals surface area contributed by atoms with E-state index in [4.69, 9.17) is 0 Å². The average molecular weight is 325 g/mol. The summed E-state index contributed by atoms with van der Waals surface area (Å²) < 4.78 is 4.18. The van der Waals surface area contributed by atoms with Crippen LogP contribution >= 0.6 is 0 Å². The molecule has 5 aromatic rings. The molecule has 0 spiro atoms. The van der Waals surface area contributed by atoms with E-state index in [0.29, 0.717) is 0 Å². The van der Waals surface area contributed by atoms with Crippen LogP contribution in [0.25, 0.3) is 33.8 Å². The zero-order chi connectivity index (χ0) is 16.6. The van der Waals surface area contributed by atoms with E-state index in [1.807, 2.05) is 49.2 Å². The second kappa shape index (κ2) is 5.49. The van der Waals surface area contributed by atoms with Gasteiger partial charge in [0, 0.05) is 41.7 Å². The van der Waals surface area contributed by atoms with Crippen molar-refractivity contribution in [3.63, 3.8) is 0 Å². The van der Waals surface area contributed by atoms with Crippen molar-refractivity contribution in [2.75, 3.05) is 0 Å². The molecule has 3 aromatic heterocycles. The molecule has 0 saturated carbocycles. The molecule has 0 amide bonds. The van der Waals surface area contributed by atoms with Crippen molar-refractivity contribution in [2.24, 2.45) is 0 Å². The normalized spacial score (nSPS) is 11.2. The van der Waals surface area contributed by atoms with Crippen molar-refractivity contribution >= 4 is 11.0 Å². The summed E-state index contributed by atoms with van der Waals surface area (Å²) in [4.78, 5) is 12.1. The Kier molecular flexibility index (Phi) is 3.03. The molecule has 1 N–H and O–H groups in total. The minimum Gasteiger partial charge on any atom is -0.345 e. The Balaban J connectivity index is 1.61. The first kappa shape index (κ1) is 13.8. The molecule has 0 atom stereocenters. The van der Waals surface area contributed by atoms with Crippen LogP contribution in [0.15, 0.2) is 85.7 Å². The Labute approximate surface area is 144 Å². The van der Waals surface area contributed by atoms with E-state index < -0.39 is 0 Å². The van der Waals surface area contributed by atoms with Crippen LogP contribution in [0.3, 0.4) is 0 Å². The third-order valence-electron chi connectivity index (χ3n) is 4.33. The second-order valence-corrected chi connectivity index (χ2v) is 5.87. The van der Waals surface area contributed by atoms with E-state index in [1.165, 1.54) is 0 Å². The molecule has 0 saturated heterocycles. The number of hydrogen-bond donors (Lipinski definition) is 1. The van der Waals surface area contributed by atoms with Crippen LogP contribution in [0.5, 0.6) is 0 Å². The number of imidazole rings is 2. The lowest BCUT2D eigenvalue weighted by atomic mass is 10.2. The predicted molar refractivity (Wildman–Crippen MR) is 98.0 cm³/mol. The lowest BCUT2D eigenvalue weighted by molar-refractivity contribution is 1.08. The van der Waals surface area contributed by atoms with Crippen molar-refractivity contribution in [1.29, 1.82) is 0 Å². The Morgan fingerprint density at radius 1 is 0.840 bits per heavy atom. The van der Waals surface area contributed by atoms with E-state index in [0.717, 1.165) is 33.8 Å². The number of aromatic amines is 1. The standard InChI is InChI=1S/C20H15N5/c1-2-11-24(10-1)16-6-7-19-18(13-16)23-14-25(19)17-5-3-4-15(12-17)20-21-8-9-22-20/h1-14H,(H,21,22). The van der Waals surface area contributed by atoms with Gasteiger partial charge in [0.2, 0.25) is 0 Å². The number of fused-ring (bicyclic) bond motifs is 1. The van der Waals surface area contributed by atoms with Gasteiger partial charge in [-0.2, -0.15) is 0 Å². The van der Waals surface area contributed by atoms with E-state index >= 15 is 0 Å². The van der Waals surface area contributed by atoms with Crippen molar-refractivity contribution in [2.45, 2.75) is 0 Å². The fraction of sp³-hybridized carbons (Fsp3) is 0. The average Bonchev–Trinajstić information content (AvgIpc) is 3.42.